The molecular formula is C19H17BrN4O. The van der Waals surface area contributed by atoms with Gasteiger partial charge in [0.25, 0.3) is 5.91 Å². The summed E-state index contributed by atoms with van der Waals surface area (Å²) in [7, 11) is 0. The minimum absolute atomic E-state index is 0.173. The zero-order valence-electron chi connectivity index (χ0n) is 13.7. The van der Waals surface area contributed by atoms with Gasteiger partial charge in [0.15, 0.2) is 0 Å². The molecule has 0 fully saturated rings. The summed E-state index contributed by atoms with van der Waals surface area (Å²) >= 11 is 3.45. The number of hydrogen-bond donors (Lipinski definition) is 2. The smallest absolute Gasteiger partial charge is 0.255 e. The molecule has 0 aliphatic rings. The molecule has 0 aliphatic heterocycles. The molecule has 25 heavy (non-hydrogen) atoms. The minimum Gasteiger partial charge on any atom is -0.366 e. The van der Waals surface area contributed by atoms with Gasteiger partial charge in [0.05, 0.1) is 0 Å². The number of aryl methyl sites for hydroxylation is 1. The Bertz CT molecular complexity index is 884. The molecule has 0 saturated carbocycles. The molecule has 0 bridgehead atoms. The molecule has 126 valence electrons. The second-order valence-corrected chi connectivity index (χ2v) is 6.42. The van der Waals surface area contributed by atoms with Crippen molar-refractivity contribution in [3.63, 3.8) is 0 Å². The molecule has 0 unspecified atom stereocenters. The van der Waals surface area contributed by atoms with Gasteiger partial charge in [-0.15, -0.1) is 0 Å². The Balaban J connectivity index is 1.67. The van der Waals surface area contributed by atoms with Gasteiger partial charge in [-0.3, -0.25) is 9.78 Å². The highest BCUT2D eigenvalue weighted by molar-refractivity contribution is 9.10. The Kier molecular flexibility index (Phi) is 5.40. The van der Waals surface area contributed by atoms with E-state index in [0.29, 0.717) is 17.9 Å². The van der Waals surface area contributed by atoms with Gasteiger partial charge in [-0.05, 0) is 54.4 Å². The molecule has 0 radical (unpaired) electrons. The predicted octanol–water partition coefficient (Wildman–Crippen LogP) is 4.41. The Hall–Kier alpha value is -2.73. The largest absolute Gasteiger partial charge is 0.366 e. The first-order valence-corrected chi connectivity index (χ1v) is 8.57. The molecule has 0 atom stereocenters. The second-order valence-electron chi connectivity index (χ2n) is 5.56. The molecular weight excluding hydrogens is 380 g/mol. The van der Waals surface area contributed by atoms with E-state index in [9.17, 15) is 4.79 Å². The van der Waals surface area contributed by atoms with Crippen LogP contribution in [0.4, 0.5) is 11.5 Å². The van der Waals surface area contributed by atoms with E-state index in [2.05, 4.69) is 36.5 Å². The molecule has 5 nitrogen and oxygen atoms in total. The number of halogens is 1. The number of nitrogens with zero attached hydrogens (tertiary/aromatic N) is 2. The van der Waals surface area contributed by atoms with E-state index in [1.807, 2.05) is 37.3 Å². The predicted molar refractivity (Wildman–Crippen MR) is 103 cm³/mol. The summed E-state index contributed by atoms with van der Waals surface area (Å²) in [4.78, 5) is 20.8. The molecule has 0 aliphatic carbocycles. The lowest BCUT2D eigenvalue weighted by Crippen LogP contribution is -2.13. The lowest BCUT2D eigenvalue weighted by atomic mass is 10.2. The Morgan fingerprint density at radius 2 is 2.04 bits per heavy atom. The van der Waals surface area contributed by atoms with Crippen LogP contribution in [-0.2, 0) is 6.54 Å². The maximum Gasteiger partial charge on any atom is 0.255 e. The van der Waals surface area contributed by atoms with Crippen molar-refractivity contribution in [2.45, 2.75) is 13.5 Å². The molecule has 2 N–H and O–H groups in total. The molecule has 2 heterocycles. The number of rotatable bonds is 5. The van der Waals surface area contributed by atoms with E-state index in [1.54, 1.807) is 30.7 Å². The van der Waals surface area contributed by atoms with Crippen molar-refractivity contribution in [2.75, 3.05) is 10.6 Å². The zero-order valence-corrected chi connectivity index (χ0v) is 15.2. The van der Waals surface area contributed by atoms with Crippen molar-refractivity contribution in [1.82, 2.24) is 9.97 Å². The van der Waals surface area contributed by atoms with Gasteiger partial charge in [0, 0.05) is 40.9 Å². The van der Waals surface area contributed by atoms with E-state index in [4.69, 9.17) is 0 Å². The fraction of sp³-hybridized carbons (Fsp3) is 0.105. The van der Waals surface area contributed by atoms with E-state index in [1.165, 1.54) is 0 Å². The standard InChI is InChI=1S/C19H17BrN4O/c1-13-9-16(4-5-17(13)20)24-19(25)15-6-8-22-18(10-15)23-12-14-3-2-7-21-11-14/h2-11H,12H2,1H3,(H,22,23)(H,24,25). The summed E-state index contributed by atoms with van der Waals surface area (Å²) in [5.74, 6) is 0.469. The number of nitrogens with one attached hydrogen (secondary N) is 2. The van der Waals surface area contributed by atoms with E-state index in [-0.39, 0.29) is 5.91 Å². The summed E-state index contributed by atoms with van der Waals surface area (Å²) in [6.07, 6.45) is 5.14. The fourth-order valence-electron chi connectivity index (χ4n) is 2.29. The average molecular weight is 397 g/mol. The summed E-state index contributed by atoms with van der Waals surface area (Å²) < 4.78 is 1.01. The Labute approximate surface area is 154 Å². The van der Waals surface area contributed by atoms with Crippen molar-refractivity contribution in [3.05, 3.63) is 82.2 Å². The van der Waals surface area contributed by atoms with Crippen molar-refractivity contribution in [1.29, 1.82) is 0 Å². The number of amides is 1. The molecule has 3 rings (SSSR count). The van der Waals surface area contributed by atoms with Crippen LogP contribution in [0.5, 0.6) is 0 Å². The van der Waals surface area contributed by atoms with Gasteiger partial charge in [0.2, 0.25) is 0 Å². The van der Waals surface area contributed by atoms with Crippen LogP contribution in [0.3, 0.4) is 0 Å². The number of aromatic nitrogens is 2. The third kappa shape index (κ3) is 4.64. The third-order valence-corrected chi connectivity index (χ3v) is 4.52. The van der Waals surface area contributed by atoms with Gasteiger partial charge in [-0.2, -0.15) is 0 Å². The second kappa shape index (κ2) is 7.90. The molecule has 2 aromatic heterocycles. The van der Waals surface area contributed by atoms with Crippen LogP contribution in [-0.4, -0.2) is 15.9 Å². The summed E-state index contributed by atoms with van der Waals surface area (Å²) in [6.45, 7) is 2.57. The van der Waals surface area contributed by atoms with Gasteiger partial charge >= 0.3 is 0 Å². The van der Waals surface area contributed by atoms with Crippen molar-refractivity contribution >= 4 is 33.3 Å². The fourth-order valence-corrected chi connectivity index (χ4v) is 2.54. The van der Waals surface area contributed by atoms with Gasteiger partial charge < -0.3 is 10.6 Å². The Morgan fingerprint density at radius 1 is 1.16 bits per heavy atom. The number of benzene rings is 1. The average Bonchev–Trinajstić information content (AvgIpc) is 2.64. The maximum absolute atomic E-state index is 12.4. The van der Waals surface area contributed by atoms with Crippen molar-refractivity contribution < 1.29 is 4.79 Å². The monoisotopic (exact) mass is 396 g/mol. The maximum atomic E-state index is 12.4. The lowest BCUT2D eigenvalue weighted by Gasteiger charge is -2.09. The third-order valence-electron chi connectivity index (χ3n) is 3.63. The first kappa shape index (κ1) is 17.1. The van der Waals surface area contributed by atoms with Crippen LogP contribution in [0.1, 0.15) is 21.5 Å². The van der Waals surface area contributed by atoms with Crippen LogP contribution in [0.15, 0.2) is 65.5 Å². The highest BCUT2D eigenvalue weighted by atomic mass is 79.9. The molecule has 6 heteroatoms. The topological polar surface area (TPSA) is 66.9 Å². The van der Waals surface area contributed by atoms with Crippen LogP contribution in [0.25, 0.3) is 0 Å². The molecule has 3 aromatic rings. The Morgan fingerprint density at radius 3 is 2.80 bits per heavy atom. The molecule has 0 saturated heterocycles. The summed E-state index contributed by atoms with van der Waals surface area (Å²) in [5, 5.41) is 6.10. The van der Waals surface area contributed by atoms with E-state index in [0.717, 1.165) is 21.3 Å². The molecule has 0 spiro atoms. The highest BCUT2D eigenvalue weighted by Gasteiger charge is 2.08. The first-order chi connectivity index (χ1) is 12.1. The minimum atomic E-state index is -0.173. The summed E-state index contributed by atoms with van der Waals surface area (Å²) in [6, 6.07) is 13.0. The van der Waals surface area contributed by atoms with Gasteiger partial charge in [-0.25, -0.2) is 4.98 Å². The summed E-state index contributed by atoms with van der Waals surface area (Å²) in [5.41, 5.74) is 3.41. The van der Waals surface area contributed by atoms with Gasteiger partial charge in [0.1, 0.15) is 5.82 Å². The number of carbonyl (C=O) groups excluding carboxylic acids is 1. The zero-order chi connectivity index (χ0) is 17.6. The number of pyridine rings is 2. The van der Waals surface area contributed by atoms with Gasteiger partial charge in [-0.1, -0.05) is 22.0 Å². The number of hydrogen-bond acceptors (Lipinski definition) is 4. The van der Waals surface area contributed by atoms with Crippen LogP contribution in [0, 0.1) is 6.92 Å². The molecule has 1 aromatic carbocycles. The van der Waals surface area contributed by atoms with E-state index < -0.39 is 0 Å². The SMILES string of the molecule is Cc1cc(NC(=O)c2ccnc(NCc3cccnc3)c2)ccc1Br. The molecule has 1 amide bonds. The number of anilines is 2. The van der Waals surface area contributed by atoms with Crippen LogP contribution < -0.4 is 10.6 Å². The lowest BCUT2D eigenvalue weighted by molar-refractivity contribution is 0.102. The highest BCUT2D eigenvalue weighted by Crippen LogP contribution is 2.20. The van der Waals surface area contributed by atoms with Crippen molar-refractivity contribution in [2.24, 2.45) is 0 Å². The van der Waals surface area contributed by atoms with E-state index >= 15 is 0 Å². The van der Waals surface area contributed by atoms with Crippen molar-refractivity contribution in [3.8, 4) is 0 Å². The van der Waals surface area contributed by atoms with Crippen LogP contribution in [0.2, 0.25) is 0 Å². The number of carbonyl (C=O) groups is 1. The normalized spacial score (nSPS) is 10.3. The first-order valence-electron chi connectivity index (χ1n) is 7.78. The van der Waals surface area contributed by atoms with Crippen LogP contribution >= 0.6 is 15.9 Å². The quantitative estimate of drug-likeness (QED) is 0.669.